The van der Waals surface area contributed by atoms with Gasteiger partial charge in [0.25, 0.3) is 0 Å². The van der Waals surface area contributed by atoms with Crippen molar-refractivity contribution in [2.45, 2.75) is 18.9 Å². The monoisotopic (exact) mass is 218 g/mol. The summed E-state index contributed by atoms with van der Waals surface area (Å²) >= 11 is 0. The topological polar surface area (TPSA) is 9.23 Å². The summed E-state index contributed by atoms with van der Waals surface area (Å²) in [6.45, 7) is 8.71. The molecule has 1 saturated heterocycles. The molecule has 1 fully saturated rings. The Kier molecular flexibility index (Phi) is 3.20. The lowest BCUT2D eigenvalue weighted by Crippen LogP contribution is -2.05. The van der Waals surface area contributed by atoms with Crippen molar-refractivity contribution < 1.29 is 9.13 Å². The number of rotatable bonds is 1. The van der Waals surface area contributed by atoms with Crippen LogP contribution in [-0.2, 0) is 4.74 Å². The van der Waals surface area contributed by atoms with Crippen LogP contribution >= 0.6 is 0 Å². The maximum absolute atomic E-state index is 12.8. The van der Waals surface area contributed by atoms with E-state index >= 15 is 0 Å². The molecule has 1 aliphatic heterocycles. The van der Waals surface area contributed by atoms with Crippen LogP contribution in [0.4, 0.5) is 4.39 Å². The highest BCUT2D eigenvalue weighted by Gasteiger charge is 2.20. The molecule has 1 atom stereocenters. The fourth-order valence-electron chi connectivity index (χ4n) is 1.87. The van der Waals surface area contributed by atoms with E-state index in [9.17, 15) is 4.39 Å². The van der Waals surface area contributed by atoms with E-state index in [-0.39, 0.29) is 11.9 Å². The van der Waals surface area contributed by atoms with E-state index in [2.05, 4.69) is 13.2 Å². The fourth-order valence-corrected chi connectivity index (χ4v) is 1.87. The molecule has 2 heteroatoms. The van der Waals surface area contributed by atoms with E-state index in [1.165, 1.54) is 12.1 Å². The zero-order chi connectivity index (χ0) is 11.5. The van der Waals surface area contributed by atoms with Crippen LogP contribution in [-0.4, -0.2) is 6.61 Å². The fraction of sp³-hybridized carbons (Fsp3) is 0.286. The molecule has 2 rings (SSSR count). The summed E-state index contributed by atoms with van der Waals surface area (Å²) in [7, 11) is 0. The average molecular weight is 218 g/mol. The molecular formula is C14H15FO. The van der Waals surface area contributed by atoms with E-state index in [0.29, 0.717) is 6.61 Å². The van der Waals surface area contributed by atoms with Crippen LogP contribution in [0.2, 0.25) is 0 Å². The Labute approximate surface area is 95.2 Å². The van der Waals surface area contributed by atoms with Crippen molar-refractivity contribution in [2.75, 3.05) is 6.61 Å². The second kappa shape index (κ2) is 4.62. The maximum atomic E-state index is 12.8. The van der Waals surface area contributed by atoms with Crippen LogP contribution in [0.15, 0.2) is 48.6 Å². The highest BCUT2D eigenvalue weighted by Crippen LogP contribution is 2.33. The Balaban J connectivity index is 2.27. The second-order valence-corrected chi connectivity index (χ2v) is 4.03. The van der Waals surface area contributed by atoms with Gasteiger partial charge in [0.1, 0.15) is 11.9 Å². The zero-order valence-corrected chi connectivity index (χ0v) is 9.21. The molecule has 0 aliphatic carbocycles. The maximum Gasteiger partial charge on any atom is 0.123 e. The summed E-state index contributed by atoms with van der Waals surface area (Å²) in [6.07, 6.45) is 1.72. The van der Waals surface area contributed by atoms with Gasteiger partial charge < -0.3 is 4.74 Å². The van der Waals surface area contributed by atoms with Crippen LogP contribution in [0, 0.1) is 5.82 Å². The molecule has 1 aliphatic rings. The van der Waals surface area contributed by atoms with E-state index < -0.39 is 0 Å². The summed E-state index contributed by atoms with van der Waals surface area (Å²) in [4.78, 5) is 0. The van der Waals surface area contributed by atoms with E-state index in [0.717, 1.165) is 29.6 Å². The molecule has 0 N–H and O–H groups in total. The van der Waals surface area contributed by atoms with Gasteiger partial charge in [-0.3, -0.25) is 0 Å². The molecule has 1 nitrogen and oxygen atoms in total. The predicted octanol–water partition coefficient (Wildman–Crippen LogP) is 3.79. The lowest BCUT2D eigenvalue weighted by atomic mass is 9.96. The third-order valence-electron chi connectivity index (χ3n) is 2.85. The number of benzene rings is 1. The molecule has 84 valence electrons. The van der Waals surface area contributed by atoms with Crippen molar-refractivity contribution in [3.63, 3.8) is 0 Å². The molecule has 0 bridgehead atoms. The van der Waals surface area contributed by atoms with Gasteiger partial charge in [0, 0.05) is 6.61 Å². The molecule has 1 aromatic carbocycles. The highest BCUT2D eigenvalue weighted by atomic mass is 19.1. The third kappa shape index (κ3) is 2.22. The first-order valence-electron chi connectivity index (χ1n) is 5.42. The Morgan fingerprint density at radius 3 is 2.56 bits per heavy atom. The van der Waals surface area contributed by atoms with Crippen molar-refractivity contribution in [3.05, 3.63) is 60.0 Å². The first-order valence-corrected chi connectivity index (χ1v) is 5.42. The third-order valence-corrected chi connectivity index (χ3v) is 2.85. The molecule has 1 heterocycles. The first-order chi connectivity index (χ1) is 7.68. The largest absolute Gasteiger partial charge is 0.369 e. The normalized spacial score (nSPS) is 21.9. The van der Waals surface area contributed by atoms with Crippen LogP contribution in [0.3, 0.4) is 0 Å². The van der Waals surface area contributed by atoms with Gasteiger partial charge in [-0.25, -0.2) is 4.39 Å². The van der Waals surface area contributed by atoms with Crippen molar-refractivity contribution in [2.24, 2.45) is 0 Å². The van der Waals surface area contributed by atoms with Crippen molar-refractivity contribution in [3.8, 4) is 0 Å². The Morgan fingerprint density at radius 1 is 1.19 bits per heavy atom. The summed E-state index contributed by atoms with van der Waals surface area (Å²) < 4.78 is 18.6. The minimum absolute atomic E-state index is 0.171. The summed E-state index contributed by atoms with van der Waals surface area (Å²) in [5.41, 5.74) is 2.88. The smallest absolute Gasteiger partial charge is 0.123 e. The summed E-state index contributed by atoms with van der Waals surface area (Å²) in [6, 6.07) is 6.37. The van der Waals surface area contributed by atoms with Crippen LogP contribution in [0.1, 0.15) is 24.5 Å². The van der Waals surface area contributed by atoms with Crippen molar-refractivity contribution >= 4 is 0 Å². The molecule has 0 amide bonds. The minimum Gasteiger partial charge on any atom is -0.369 e. The highest BCUT2D eigenvalue weighted by molar-refractivity contribution is 5.36. The van der Waals surface area contributed by atoms with Gasteiger partial charge in [0.05, 0.1) is 0 Å². The quantitative estimate of drug-likeness (QED) is 0.696. The zero-order valence-electron chi connectivity index (χ0n) is 9.21. The molecule has 1 aromatic rings. The van der Waals surface area contributed by atoms with Crippen LogP contribution in [0.25, 0.3) is 0 Å². The van der Waals surface area contributed by atoms with Gasteiger partial charge >= 0.3 is 0 Å². The van der Waals surface area contributed by atoms with Gasteiger partial charge in [-0.15, -0.1) is 0 Å². The van der Waals surface area contributed by atoms with Gasteiger partial charge in [0.2, 0.25) is 0 Å². The minimum atomic E-state index is -0.234. The Hall–Kier alpha value is -1.41. The first kappa shape index (κ1) is 11.1. The molecule has 0 saturated carbocycles. The van der Waals surface area contributed by atoms with Gasteiger partial charge in [0.15, 0.2) is 0 Å². The lowest BCUT2D eigenvalue weighted by molar-refractivity contribution is 0.0848. The molecule has 0 spiro atoms. The number of halogens is 1. The van der Waals surface area contributed by atoms with Crippen LogP contribution in [0.5, 0.6) is 0 Å². The Bertz CT molecular complexity index is 405. The van der Waals surface area contributed by atoms with Gasteiger partial charge in [-0.2, -0.15) is 0 Å². The molecule has 1 unspecified atom stereocenters. The Morgan fingerprint density at radius 2 is 1.88 bits per heavy atom. The van der Waals surface area contributed by atoms with Gasteiger partial charge in [-0.05, 0) is 41.7 Å². The SMILES string of the molecule is C=C1CCCOC(c2ccc(F)cc2)C1=C. The van der Waals surface area contributed by atoms with Gasteiger partial charge in [-0.1, -0.05) is 25.3 Å². The standard InChI is InChI=1S/C14H15FO/c1-10-4-3-9-16-14(11(10)2)12-5-7-13(15)8-6-12/h5-8,14H,1-4,9H2. The van der Waals surface area contributed by atoms with E-state index in [4.69, 9.17) is 4.74 Å². The second-order valence-electron chi connectivity index (χ2n) is 4.03. The lowest BCUT2D eigenvalue weighted by Gasteiger charge is -2.18. The number of ether oxygens (including phenoxy) is 1. The average Bonchev–Trinajstić information content (AvgIpc) is 2.44. The van der Waals surface area contributed by atoms with Crippen molar-refractivity contribution in [1.82, 2.24) is 0 Å². The summed E-state index contributed by atoms with van der Waals surface area (Å²) in [5, 5.41) is 0. The summed E-state index contributed by atoms with van der Waals surface area (Å²) in [5.74, 6) is -0.234. The van der Waals surface area contributed by atoms with E-state index in [1.807, 2.05) is 0 Å². The molecular weight excluding hydrogens is 203 g/mol. The molecule has 0 aromatic heterocycles. The van der Waals surface area contributed by atoms with Crippen molar-refractivity contribution in [1.29, 1.82) is 0 Å². The van der Waals surface area contributed by atoms with E-state index in [1.54, 1.807) is 12.1 Å². The number of hydrogen-bond acceptors (Lipinski definition) is 1. The molecule has 16 heavy (non-hydrogen) atoms. The van der Waals surface area contributed by atoms with Crippen LogP contribution < -0.4 is 0 Å². The predicted molar refractivity (Wildman–Crippen MR) is 62.6 cm³/mol. The molecule has 0 radical (unpaired) electrons. The number of hydrogen-bond donors (Lipinski definition) is 0.